The number of carbonyl (C=O) groups excluding carboxylic acids is 1. The van der Waals surface area contributed by atoms with E-state index in [4.69, 9.17) is 4.84 Å². The second-order valence-corrected chi connectivity index (χ2v) is 3.94. The molecule has 1 heterocycles. The maximum atomic E-state index is 11.2. The van der Waals surface area contributed by atoms with Gasteiger partial charge in [0.25, 0.3) is 5.91 Å². The molecule has 1 N–H and O–H groups in total. The molecule has 1 aliphatic carbocycles. The molecule has 0 unspecified atom stereocenters. The molecular weight excluding hydrogens is 194 g/mol. The van der Waals surface area contributed by atoms with Crippen LogP contribution in [0.1, 0.15) is 39.0 Å². The molecule has 82 valence electrons. The van der Waals surface area contributed by atoms with Gasteiger partial charge in [-0.3, -0.25) is 4.79 Å². The average Bonchev–Trinajstić information content (AvgIpc) is 2.58. The third-order valence-electron chi connectivity index (χ3n) is 2.73. The van der Waals surface area contributed by atoms with E-state index in [2.05, 4.69) is 15.7 Å². The third-order valence-corrected chi connectivity index (χ3v) is 2.73. The molecule has 2 aliphatic rings. The van der Waals surface area contributed by atoms with Gasteiger partial charge in [-0.15, -0.1) is 0 Å². The van der Waals surface area contributed by atoms with E-state index in [1.165, 1.54) is 19.3 Å². The molecule has 0 aromatic carbocycles. The number of rotatable bonds is 2. The number of carbonyl (C=O) groups is 1. The first kappa shape index (κ1) is 10.1. The van der Waals surface area contributed by atoms with Crippen LogP contribution in [0.2, 0.25) is 0 Å². The highest BCUT2D eigenvalue weighted by Gasteiger charge is 2.23. The Balaban J connectivity index is 1.92. The highest BCUT2D eigenvalue weighted by Crippen LogP contribution is 2.20. The quantitative estimate of drug-likeness (QED) is 0.694. The molecule has 0 spiro atoms. The summed E-state index contributed by atoms with van der Waals surface area (Å²) in [4.78, 5) is 16.6. The summed E-state index contributed by atoms with van der Waals surface area (Å²) in [6, 6.07) is 0. The van der Waals surface area contributed by atoms with Crippen molar-refractivity contribution in [2.24, 2.45) is 10.3 Å². The van der Waals surface area contributed by atoms with Gasteiger partial charge in [-0.25, -0.2) is 5.43 Å². The van der Waals surface area contributed by atoms with E-state index in [1.54, 1.807) is 6.92 Å². The number of hydrogen-bond acceptors (Lipinski definition) is 4. The van der Waals surface area contributed by atoms with Gasteiger partial charge in [-0.1, -0.05) is 11.6 Å². The predicted octanol–water partition coefficient (Wildman–Crippen LogP) is 1.20. The molecule has 1 fully saturated rings. The molecule has 0 radical (unpaired) electrons. The molecule has 0 aromatic rings. The van der Waals surface area contributed by atoms with Gasteiger partial charge in [-0.05, 0) is 32.6 Å². The van der Waals surface area contributed by atoms with Crippen LogP contribution in [0.25, 0.3) is 0 Å². The van der Waals surface area contributed by atoms with E-state index in [0.717, 1.165) is 12.8 Å². The summed E-state index contributed by atoms with van der Waals surface area (Å²) in [5.41, 5.74) is 3.24. The SMILES string of the molecule is CC1=NNC(=O)C1=NOC1CCCCC1. The highest BCUT2D eigenvalue weighted by molar-refractivity contribution is 6.68. The lowest BCUT2D eigenvalue weighted by Gasteiger charge is -2.19. The molecule has 5 heteroatoms. The number of nitrogens with zero attached hydrogens (tertiary/aromatic N) is 2. The van der Waals surface area contributed by atoms with Crippen molar-refractivity contribution in [3.63, 3.8) is 0 Å². The zero-order chi connectivity index (χ0) is 10.7. The number of oxime groups is 1. The van der Waals surface area contributed by atoms with Crippen LogP contribution in [0.15, 0.2) is 10.3 Å². The zero-order valence-corrected chi connectivity index (χ0v) is 8.82. The van der Waals surface area contributed by atoms with E-state index in [9.17, 15) is 4.79 Å². The summed E-state index contributed by atoms with van der Waals surface area (Å²) in [6.07, 6.45) is 5.90. The summed E-state index contributed by atoms with van der Waals surface area (Å²) in [5, 5.41) is 7.65. The Hall–Kier alpha value is -1.39. The van der Waals surface area contributed by atoms with E-state index in [0.29, 0.717) is 11.4 Å². The fourth-order valence-electron chi connectivity index (χ4n) is 1.81. The first-order valence-electron chi connectivity index (χ1n) is 5.36. The third kappa shape index (κ3) is 2.34. The topological polar surface area (TPSA) is 63.0 Å². The van der Waals surface area contributed by atoms with Crippen molar-refractivity contribution in [2.45, 2.75) is 45.1 Å². The van der Waals surface area contributed by atoms with Gasteiger partial charge in [0.1, 0.15) is 6.10 Å². The molecule has 2 rings (SSSR count). The van der Waals surface area contributed by atoms with Crippen LogP contribution >= 0.6 is 0 Å². The van der Waals surface area contributed by atoms with E-state index in [-0.39, 0.29) is 12.0 Å². The van der Waals surface area contributed by atoms with E-state index < -0.39 is 0 Å². The number of nitrogens with one attached hydrogen (secondary N) is 1. The van der Waals surface area contributed by atoms with Crippen LogP contribution in [0, 0.1) is 0 Å². The van der Waals surface area contributed by atoms with Crippen molar-refractivity contribution < 1.29 is 9.63 Å². The summed E-state index contributed by atoms with van der Waals surface area (Å²) < 4.78 is 0. The van der Waals surface area contributed by atoms with Crippen molar-refractivity contribution in [1.82, 2.24) is 5.43 Å². The smallest absolute Gasteiger partial charge is 0.295 e. The van der Waals surface area contributed by atoms with Gasteiger partial charge in [0.15, 0.2) is 5.71 Å². The lowest BCUT2D eigenvalue weighted by atomic mass is 9.98. The molecule has 1 amide bonds. The van der Waals surface area contributed by atoms with Gasteiger partial charge in [0.2, 0.25) is 0 Å². The van der Waals surface area contributed by atoms with Crippen molar-refractivity contribution >= 4 is 17.3 Å². The van der Waals surface area contributed by atoms with E-state index in [1.807, 2.05) is 0 Å². The lowest BCUT2D eigenvalue weighted by Crippen LogP contribution is -2.24. The second-order valence-electron chi connectivity index (χ2n) is 3.94. The molecule has 0 atom stereocenters. The Morgan fingerprint density at radius 3 is 2.73 bits per heavy atom. The highest BCUT2D eigenvalue weighted by atomic mass is 16.6. The minimum Gasteiger partial charge on any atom is -0.392 e. The average molecular weight is 209 g/mol. The van der Waals surface area contributed by atoms with Crippen molar-refractivity contribution in [2.75, 3.05) is 0 Å². The Bertz CT molecular complexity index is 317. The molecular formula is C10H15N3O2. The largest absolute Gasteiger partial charge is 0.392 e. The van der Waals surface area contributed by atoms with Crippen LogP contribution in [-0.4, -0.2) is 23.4 Å². The molecule has 5 nitrogen and oxygen atoms in total. The Kier molecular flexibility index (Phi) is 2.99. The fourth-order valence-corrected chi connectivity index (χ4v) is 1.81. The van der Waals surface area contributed by atoms with Gasteiger partial charge in [-0.2, -0.15) is 5.10 Å². The normalized spacial score (nSPS) is 25.3. The van der Waals surface area contributed by atoms with Gasteiger partial charge < -0.3 is 4.84 Å². The first-order chi connectivity index (χ1) is 7.27. The number of hydrazone groups is 1. The monoisotopic (exact) mass is 209 g/mol. The second kappa shape index (κ2) is 4.42. The summed E-state index contributed by atoms with van der Waals surface area (Å²) in [6.45, 7) is 1.74. The standard InChI is InChI=1S/C10H15N3O2/c1-7-9(10(14)12-11-7)13-15-8-5-3-2-4-6-8/h8H,2-6H2,1H3,(H,12,13,14). The minimum atomic E-state index is -0.275. The van der Waals surface area contributed by atoms with Crippen LogP contribution in [0.5, 0.6) is 0 Å². The van der Waals surface area contributed by atoms with Gasteiger partial charge >= 0.3 is 0 Å². The predicted molar refractivity (Wildman–Crippen MR) is 56.6 cm³/mol. The molecule has 0 bridgehead atoms. The van der Waals surface area contributed by atoms with Crippen LogP contribution < -0.4 is 5.43 Å². The van der Waals surface area contributed by atoms with Crippen LogP contribution in [-0.2, 0) is 9.63 Å². The molecule has 0 saturated heterocycles. The lowest BCUT2D eigenvalue weighted by molar-refractivity contribution is -0.114. The van der Waals surface area contributed by atoms with E-state index >= 15 is 0 Å². The number of hydrogen-bond donors (Lipinski definition) is 1. The number of amides is 1. The van der Waals surface area contributed by atoms with Crippen LogP contribution in [0.4, 0.5) is 0 Å². The molecule has 0 aromatic heterocycles. The van der Waals surface area contributed by atoms with Gasteiger partial charge in [0.05, 0.1) is 5.71 Å². The zero-order valence-electron chi connectivity index (χ0n) is 8.82. The Morgan fingerprint density at radius 2 is 2.13 bits per heavy atom. The molecule has 1 saturated carbocycles. The van der Waals surface area contributed by atoms with Crippen molar-refractivity contribution in [3.8, 4) is 0 Å². The minimum absolute atomic E-state index is 0.174. The first-order valence-corrected chi connectivity index (χ1v) is 5.36. The summed E-state index contributed by atoms with van der Waals surface area (Å²) >= 11 is 0. The van der Waals surface area contributed by atoms with Crippen molar-refractivity contribution in [3.05, 3.63) is 0 Å². The Morgan fingerprint density at radius 1 is 1.40 bits per heavy atom. The summed E-state index contributed by atoms with van der Waals surface area (Å²) in [5.74, 6) is -0.275. The van der Waals surface area contributed by atoms with Crippen LogP contribution in [0.3, 0.4) is 0 Å². The Labute approximate surface area is 88.6 Å². The van der Waals surface area contributed by atoms with Crippen molar-refractivity contribution in [1.29, 1.82) is 0 Å². The summed E-state index contributed by atoms with van der Waals surface area (Å²) in [7, 11) is 0. The maximum Gasteiger partial charge on any atom is 0.295 e. The maximum absolute atomic E-state index is 11.2. The molecule has 1 aliphatic heterocycles. The fraction of sp³-hybridized carbons (Fsp3) is 0.700. The molecule has 15 heavy (non-hydrogen) atoms. The van der Waals surface area contributed by atoms with Gasteiger partial charge in [0, 0.05) is 0 Å².